The average molecular weight is 362 g/mol. The van der Waals surface area contributed by atoms with Gasteiger partial charge in [0.05, 0.1) is 23.7 Å². The van der Waals surface area contributed by atoms with Crippen molar-refractivity contribution in [3.05, 3.63) is 45.7 Å². The molecule has 1 saturated heterocycles. The van der Waals surface area contributed by atoms with Crippen LogP contribution in [0.5, 0.6) is 5.75 Å². The van der Waals surface area contributed by atoms with Gasteiger partial charge in [-0.2, -0.15) is 0 Å². The number of benzene rings is 1. The molecule has 1 atom stereocenters. The molecule has 0 bridgehead atoms. The van der Waals surface area contributed by atoms with Crippen molar-refractivity contribution < 1.29 is 13.9 Å². The maximum Gasteiger partial charge on any atom is 0.227 e. The van der Waals surface area contributed by atoms with Crippen LogP contribution in [-0.4, -0.2) is 35.5 Å². The van der Waals surface area contributed by atoms with Crippen LogP contribution in [0.15, 0.2) is 24.3 Å². The molecule has 3 rings (SSSR count). The number of ether oxygens (including phenoxy) is 1. The number of likely N-dealkylation sites (tertiary alicyclic amines) is 1. The van der Waals surface area contributed by atoms with Gasteiger partial charge < -0.3 is 9.64 Å². The number of piperidine rings is 1. The Kier molecular flexibility index (Phi) is 5.68. The number of hydrogen-bond acceptors (Lipinski definition) is 4. The molecule has 1 aliphatic rings. The SMILES string of the molecule is Cc1nc(C)c(CC(=O)N2CCC[C@@H](COc3ccc(F)cc3)C2)s1. The van der Waals surface area contributed by atoms with Gasteiger partial charge in [-0.1, -0.05) is 0 Å². The molecule has 4 nitrogen and oxygen atoms in total. The molecule has 1 aromatic heterocycles. The predicted octanol–water partition coefficient (Wildman–Crippen LogP) is 3.76. The summed E-state index contributed by atoms with van der Waals surface area (Å²) < 4.78 is 18.7. The van der Waals surface area contributed by atoms with Crippen LogP contribution < -0.4 is 4.74 Å². The summed E-state index contributed by atoms with van der Waals surface area (Å²) in [7, 11) is 0. The van der Waals surface area contributed by atoms with Crippen LogP contribution in [0, 0.1) is 25.6 Å². The van der Waals surface area contributed by atoms with Crippen molar-refractivity contribution in [2.45, 2.75) is 33.1 Å². The van der Waals surface area contributed by atoms with E-state index in [4.69, 9.17) is 4.74 Å². The lowest BCUT2D eigenvalue weighted by Crippen LogP contribution is -2.42. The lowest BCUT2D eigenvalue weighted by atomic mass is 9.98. The Bertz CT molecular complexity index is 730. The van der Waals surface area contributed by atoms with Crippen molar-refractivity contribution in [3.63, 3.8) is 0 Å². The molecule has 0 saturated carbocycles. The number of halogens is 1. The number of aromatic nitrogens is 1. The van der Waals surface area contributed by atoms with Gasteiger partial charge in [-0.25, -0.2) is 9.37 Å². The third-order valence-electron chi connectivity index (χ3n) is 4.48. The third kappa shape index (κ3) is 4.78. The number of hydrogen-bond donors (Lipinski definition) is 0. The minimum absolute atomic E-state index is 0.165. The molecule has 1 aromatic carbocycles. The Morgan fingerprint density at radius 2 is 2.12 bits per heavy atom. The number of carbonyl (C=O) groups excluding carboxylic acids is 1. The molecule has 1 amide bonds. The quantitative estimate of drug-likeness (QED) is 0.813. The molecule has 0 radical (unpaired) electrons. The maximum atomic E-state index is 12.9. The van der Waals surface area contributed by atoms with Gasteiger partial charge >= 0.3 is 0 Å². The van der Waals surface area contributed by atoms with Gasteiger partial charge in [0, 0.05) is 23.9 Å². The van der Waals surface area contributed by atoms with E-state index in [1.54, 1.807) is 23.5 Å². The summed E-state index contributed by atoms with van der Waals surface area (Å²) in [6, 6.07) is 6.06. The molecule has 0 unspecified atom stereocenters. The predicted molar refractivity (Wildman–Crippen MR) is 96.5 cm³/mol. The Morgan fingerprint density at radius 1 is 1.36 bits per heavy atom. The second-order valence-corrected chi connectivity index (χ2v) is 7.82. The highest BCUT2D eigenvalue weighted by molar-refractivity contribution is 7.11. The molecule has 1 fully saturated rings. The summed E-state index contributed by atoms with van der Waals surface area (Å²) in [5.74, 6) is 0.876. The van der Waals surface area contributed by atoms with Crippen molar-refractivity contribution >= 4 is 17.2 Å². The lowest BCUT2D eigenvalue weighted by Gasteiger charge is -2.32. The number of thiazole rings is 1. The molecule has 25 heavy (non-hydrogen) atoms. The normalized spacial score (nSPS) is 17.6. The summed E-state index contributed by atoms with van der Waals surface area (Å²) in [6.07, 6.45) is 2.47. The Morgan fingerprint density at radius 3 is 2.80 bits per heavy atom. The highest BCUT2D eigenvalue weighted by Crippen LogP contribution is 2.22. The highest BCUT2D eigenvalue weighted by atomic mass is 32.1. The fourth-order valence-corrected chi connectivity index (χ4v) is 4.09. The van der Waals surface area contributed by atoms with Crippen LogP contribution in [0.2, 0.25) is 0 Å². The standard InChI is InChI=1S/C19H23FN2O2S/c1-13-18(25-14(2)21-13)10-19(23)22-9-3-4-15(11-22)12-24-17-7-5-16(20)6-8-17/h5-8,15H,3-4,9-12H2,1-2H3/t15-/m1/s1. The van der Waals surface area contributed by atoms with Crippen LogP contribution in [-0.2, 0) is 11.2 Å². The van der Waals surface area contributed by atoms with Gasteiger partial charge in [0.15, 0.2) is 0 Å². The first kappa shape index (κ1) is 17.9. The van der Waals surface area contributed by atoms with Gasteiger partial charge in [0.25, 0.3) is 0 Å². The average Bonchev–Trinajstić information content (AvgIpc) is 2.92. The summed E-state index contributed by atoms with van der Waals surface area (Å²) in [4.78, 5) is 20.0. The lowest BCUT2D eigenvalue weighted by molar-refractivity contribution is -0.132. The zero-order valence-electron chi connectivity index (χ0n) is 14.6. The van der Waals surface area contributed by atoms with E-state index < -0.39 is 0 Å². The number of rotatable bonds is 5. The van der Waals surface area contributed by atoms with Crippen molar-refractivity contribution in [2.24, 2.45) is 5.92 Å². The van der Waals surface area contributed by atoms with E-state index in [0.717, 1.165) is 41.5 Å². The fraction of sp³-hybridized carbons (Fsp3) is 0.474. The minimum Gasteiger partial charge on any atom is -0.493 e. The van der Waals surface area contributed by atoms with Crippen LogP contribution in [0.1, 0.15) is 28.4 Å². The van der Waals surface area contributed by atoms with E-state index in [2.05, 4.69) is 4.98 Å². The first-order valence-electron chi connectivity index (χ1n) is 8.60. The molecule has 134 valence electrons. The third-order valence-corrected chi connectivity index (χ3v) is 5.56. The van der Waals surface area contributed by atoms with Crippen LogP contribution in [0.25, 0.3) is 0 Å². The first-order valence-corrected chi connectivity index (χ1v) is 9.42. The molecule has 2 aromatic rings. The van der Waals surface area contributed by atoms with E-state index in [1.165, 1.54) is 12.1 Å². The molecule has 1 aliphatic heterocycles. The zero-order valence-corrected chi connectivity index (χ0v) is 15.4. The monoisotopic (exact) mass is 362 g/mol. The second kappa shape index (κ2) is 7.95. The Labute approximate surface area is 151 Å². The number of aryl methyl sites for hydroxylation is 2. The first-order chi connectivity index (χ1) is 12.0. The Balaban J connectivity index is 1.52. The summed E-state index contributed by atoms with van der Waals surface area (Å²) in [5.41, 5.74) is 0.962. The van der Waals surface area contributed by atoms with Gasteiger partial charge in [-0.05, 0) is 51.0 Å². The molecular formula is C19H23FN2O2S. The van der Waals surface area contributed by atoms with Crippen molar-refractivity contribution in [1.82, 2.24) is 9.88 Å². The molecule has 0 N–H and O–H groups in total. The number of amides is 1. The van der Waals surface area contributed by atoms with E-state index in [1.807, 2.05) is 18.7 Å². The maximum absolute atomic E-state index is 12.9. The fourth-order valence-electron chi connectivity index (χ4n) is 3.16. The van der Waals surface area contributed by atoms with Crippen LogP contribution in [0.3, 0.4) is 0 Å². The largest absolute Gasteiger partial charge is 0.493 e. The minimum atomic E-state index is -0.268. The van der Waals surface area contributed by atoms with Crippen LogP contribution in [0.4, 0.5) is 4.39 Å². The molecule has 2 heterocycles. The molecule has 6 heteroatoms. The van der Waals surface area contributed by atoms with Crippen molar-refractivity contribution in [1.29, 1.82) is 0 Å². The van der Waals surface area contributed by atoms with Gasteiger partial charge in [0.2, 0.25) is 5.91 Å². The topological polar surface area (TPSA) is 42.4 Å². The summed E-state index contributed by atoms with van der Waals surface area (Å²) in [6.45, 7) is 6.00. The molecule has 0 aliphatic carbocycles. The molecule has 0 spiro atoms. The van der Waals surface area contributed by atoms with E-state index >= 15 is 0 Å². The van der Waals surface area contributed by atoms with Gasteiger partial charge in [-0.3, -0.25) is 4.79 Å². The second-order valence-electron chi connectivity index (χ2n) is 6.53. The summed E-state index contributed by atoms with van der Waals surface area (Å²) >= 11 is 1.60. The highest BCUT2D eigenvalue weighted by Gasteiger charge is 2.25. The van der Waals surface area contributed by atoms with Crippen molar-refractivity contribution in [2.75, 3.05) is 19.7 Å². The molecular weight excluding hydrogens is 339 g/mol. The van der Waals surface area contributed by atoms with Gasteiger partial charge in [0.1, 0.15) is 11.6 Å². The number of carbonyl (C=O) groups is 1. The van der Waals surface area contributed by atoms with Crippen molar-refractivity contribution in [3.8, 4) is 5.75 Å². The smallest absolute Gasteiger partial charge is 0.227 e. The number of nitrogens with zero attached hydrogens (tertiary/aromatic N) is 2. The summed E-state index contributed by atoms with van der Waals surface area (Å²) in [5, 5.41) is 1.00. The zero-order chi connectivity index (χ0) is 17.8. The van der Waals surface area contributed by atoms with E-state index in [9.17, 15) is 9.18 Å². The Hall–Kier alpha value is -1.95. The van der Waals surface area contributed by atoms with Crippen LogP contribution >= 0.6 is 11.3 Å². The van der Waals surface area contributed by atoms with E-state index in [-0.39, 0.29) is 11.7 Å². The van der Waals surface area contributed by atoms with Gasteiger partial charge in [-0.15, -0.1) is 11.3 Å². The van der Waals surface area contributed by atoms with E-state index in [0.29, 0.717) is 24.7 Å².